The molecule has 0 saturated heterocycles. The van der Waals surface area contributed by atoms with Gasteiger partial charge in [0.05, 0.1) is 24.1 Å². The van der Waals surface area contributed by atoms with Crippen LogP contribution >= 0.6 is 11.8 Å². The van der Waals surface area contributed by atoms with E-state index in [0.29, 0.717) is 22.2 Å². The van der Waals surface area contributed by atoms with Crippen LogP contribution in [-0.2, 0) is 9.53 Å². The molecular weight excluding hydrogens is 438 g/mol. The molecule has 2 aromatic heterocycles. The first-order valence-corrected chi connectivity index (χ1v) is 11.1. The largest absolute Gasteiger partial charge is 0.465 e. The van der Waals surface area contributed by atoms with Gasteiger partial charge in [0.2, 0.25) is 5.91 Å². The molecule has 8 nitrogen and oxygen atoms in total. The van der Waals surface area contributed by atoms with E-state index < -0.39 is 5.97 Å². The fourth-order valence-corrected chi connectivity index (χ4v) is 3.92. The average molecular weight is 460 g/mol. The van der Waals surface area contributed by atoms with Crippen molar-refractivity contribution in [3.8, 4) is 17.1 Å². The van der Waals surface area contributed by atoms with Crippen molar-refractivity contribution < 1.29 is 14.3 Å². The number of benzene rings is 2. The van der Waals surface area contributed by atoms with Crippen molar-refractivity contribution >= 4 is 29.3 Å². The Kier molecular flexibility index (Phi) is 6.80. The number of aromatic nitrogens is 4. The van der Waals surface area contributed by atoms with Crippen molar-refractivity contribution in [1.82, 2.24) is 19.7 Å². The molecular formula is C24H21N5O3S. The SMILES string of the molecule is COC(=O)c1ccccc1NC(=O)CSc1nnc(-c2cccnc2)n1-c1ccc(C)cc1. The fourth-order valence-electron chi connectivity index (χ4n) is 3.17. The van der Waals surface area contributed by atoms with Gasteiger partial charge in [0.1, 0.15) is 0 Å². The molecule has 0 spiro atoms. The van der Waals surface area contributed by atoms with Gasteiger partial charge in [0.15, 0.2) is 11.0 Å². The van der Waals surface area contributed by atoms with Crippen LogP contribution < -0.4 is 5.32 Å². The zero-order valence-electron chi connectivity index (χ0n) is 18.1. The molecule has 2 heterocycles. The van der Waals surface area contributed by atoms with E-state index in [1.807, 2.05) is 47.9 Å². The summed E-state index contributed by atoms with van der Waals surface area (Å²) >= 11 is 1.25. The molecule has 4 rings (SSSR count). The highest BCUT2D eigenvalue weighted by Gasteiger charge is 2.18. The van der Waals surface area contributed by atoms with Gasteiger partial charge in [-0.25, -0.2) is 4.79 Å². The molecule has 0 bridgehead atoms. The van der Waals surface area contributed by atoms with Crippen molar-refractivity contribution in [2.24, 2.45) is 0 Å². The molecule has 0 unspecified atom stereocenters. The molecule has 0 radical (unpaired) electrons. The Morgan fingerprint density at radius 1 is 1.03 bits per heavy atom. The lowest BCUT2D eigenvalue weighted by molar-refractivity contribution is -0.113. The maximum absolute atomic E-state index is 12.7. The number of rotatable bonds is 7. The van der Waals surface area contributed by atoms with E-state index in [0.717, 1.165) is 16.8 Å². The predicted octanol–water partition coefficient (Wildman–Crippen LogP) is 4.16. The lowest BCUT2D eigenvalue weighted by Gasteiger charge is -2.11. The van der Waals surface area contributed by atoms with Crippen molar-refractivity contribution in [2.45, 2.75) is 12.1 Å². The number of amides is 1. The number of carbonyl (C=O) groups excluding carboxylic acids is 2. The number of carbonyl (C=O) groups is 2. The number of nitrogens with zero attached hydrogens (tertiary/aromatic N) is 4. The number of hydrogen-bond acceptors (Lipinski definition) is 7. The van der Waals surface area contributed by atoms with Crippen LogP contribution in [0.2, 0.25) is 0 Å². The third-order valence-electron chi connectivity index (χ3n) is 4.78. The Hall–Kier alpha value is -3.98. The van der Waals surface area contributed by atoms with Crippen molar-refractivity contribution in [3.05, 3.63) is 84.2 Å². The van der Waals surface area contributed by atoms with E-state index >= 15 is 0 Å². The predicted molar refractivity (Wildman–Crippen MR) is 126 cm³/mol. The summed E-state index contributed by atoms with van der Waals surface area (Å²) in [6.45, 7) is 2.02. The van der Waals surface area contributed by atoms with Gasteiger partial charge in [0, 0.05) is 23.6 Å². The highest BCUT2D eigenvalue weighted by molar-refractivity contribution is 7.99. The zero-order valence-corrected chi connectivity index (χ0v) is 18.9. The molecule has 1 amide bonds. The minimum Gasteiger partial charge on any atom is -0.465 e. The minimum absolute atomic E-state index is 0.0759. The van der Waals surface area contributed by atoms with Crippen molar-refractivity contribution in [1.29, 1.82) is 0 Å². The average Bonchev–Trinajstić information content (AvgIpc) is 3.27. The topological polar surface area (TPSA) is 99.0 Å². The van der Waals surface area contributed by atoms with Crippen LogP contribution in [-0.4, -0.2) is 44.5 Å². The Balaban J connectivity index is 1.58. The Morgan fingerprint density at radius 2 is 1.82 bits per heavy atom. The van der Waals surface area contributed by atoms with E-state index in [2.05, 4.69) is 20.5 Å². The molecule has 1 N–H and O–H groups in total. The quantitative estimate of drug-likeness (QED) is 0.327. The van der Waals surface area contributed by atoms with Crippen molar-refractivity contribution in [3.63, 3.8) is 0 Å². The second-order valence-corrected chi connectivity index (χ2v) is 8.04. The second kappa shape index (κ2) is 10.1. The van der Waals surface area contributed by atoms with E-state index in [9.17, 15) is 9.59 Å². The molecule has 0 aliphatic carbocycles. The minimum atomic E-state index is -0.515. The summed E-state index contributed by atoms with van der Waals surface area (Å²) in [5, 5.41) is 12.0. The molecule has 0 fully saturated rings. The summed E-state index contributed by atoms with van der Waals surface area (Å²) in [5.41, 5.74) is 3.51. The smallest absolute Gasteiger partial charge is 0.339 e. The van der Waals surface area contributed by atoms with E-state index in [1.165, 1.54) is 18.9 Å². The van der Waals surface area contributed by atoms with E-state index in [-0.39, 0.29) is 11.7 Å². The maximum Gasteiger partial charge on any atom is 0.339 e. The number of hydrogen-bond donors (Lipinski definition) is 1. The van der Waals surface area contributed by atoms with Gasteiger partial charge in [0.25, 0.3) is 0 Å². The van der Waals surface area contributed by atoms with Crippen LogP contribution in [0.3, 0.4) is 0 Å². The van der Waals surface area contributed by atoms with Crippen molar-refractivity contribution in [2.75, 3.05) is 18.2 Å². The summed E-state index contributed by atoms with van der Waals surface area (Å²) in [6.07, 6.45) is 3.42. The van der Waals surface area contributed by atoms with E-state index in [1.54, 1.807) is 36.7 Å². The van der Waals surface area contributed by atoms with Gasteiger partial charge in [-0.2, -0.15) is 0 Å². The van der Waals surface area contributed by atoms with Gasteiger partial charge in [-0.3, -0.25) is 14.3 Å². The standard InChI is InChI=1S/C24H21N5O3S/c1-16-9-11-18(12-10-16)29-22(17-6-5-13-25-14-17)27-28-24(29)33-15-21(30)26-20-8-4-3-7-19(20)23(31)32-2/h3-14H,15H2,1-2H3,(H,26,30). The summed E-state index contributed by atoms with van der Waals surface area (Å²) in [6, 6.07) is 18.4. The first kappa shape index (κ1) is 22.2. The number of thioether (sulfide) groups is 1. The molecule has 166 valence electrons. The fraction of sp³-hybridized carbons (Fsp3) is 0.125. The van der Waals surface area contributed by atoms with Crippen LogP contribution in [0.5, 0.6) is 0 Å². The number of ether oxygens (including phenoxy) is 1. The highest BCUT2D eigenvalue weighted by Crippen LogP contribution is 2.28. The number of anilines is 1. The lowest BCUT2D eigenvalue weighted by Crippen LogP contribution is -2.17. The molecule has 0 aliphatic rings. The molecule has 33 heavy (non-hydrogen) atoms. The number of para-hydroxylation sites is 1. The lowest BCUT2D eigenvalue weighted by atomic mass is 10.2. The summed E-state index contributed by atoms with van der Waals surface area (Å²) in [4.78, 5) is 28.8. The first-order valence-electron chi connectivity index (χ1n) is 10.1. The van der Waals surface area contributed by atoms with Gasteiger partial charge in [-0.15, -0.1) is 10.2 Å². The van der Waals surface area contributed by atoms with Gasteiger partial charge in [-0.05, 0) is 43.3 Å². The first-order chi connectivity index (χ1) is 16.1. The maximum atomic E-state index is 12.7. The number of methoxy groups -OCH3 is 1. The summed E-state index contributed by atoms with van der Waals surface area (Å²) in [7, 11) is 1.30. The van der Waals surface area contributed by atoms with Gasteiger partial charge >= 0.3 is 5.97 Å². The summed E-state index contributed by atoms with van der Waals surface area (Å²) in [5.74, 6) is -0.0885. The second-order valence-electron chi connectivity index (χ2n) is 7.09. The van der Waals surface area contributed by atoms with E-state index in [4.69, 9.17) is 4.74 Å². The van der Waals surface area contributed by atoms with Gasteiger partial charge < -0.3 is 10.1 Å². The number of aryl methyl sites for hydroxylation is 1. The Bertz CT molecular complexity index is 1270. The normalized spacial score (nSPS) is 10.6. The Labute approximate surface area is 195 Å². The molecule has 4 aromatic rings. The molecule has 0 aliphatic heterocycles. The van der Waals surface area contributed by atoms with Crippen LogP contribution in [0.4, 0.5) is 5.69 Å². The highest BCUT2D eigenvalue weighted by atomic mass is 32.2. The van der Waals surface area contributed by atoms with Crippen LogP contribution in [0.25, 0.3) is 17.1 Å². The molecule has 9 heteroatoms. The number of esters is 1. The molecule has 0 saturated carbocycles. The zero-order chi connectivity index (χ0) is 23.2. The van der Waals surface area contributed by atoms with Crippen LogP contribution in [0, 0.1) is 6.92 Å². The molecule has 0 atom stereocenters. The third kappa shape index (κ3) is 5.09. The monoisotopic (exact) mass is 459 g/mol. The van der Waals surface area contributed by atoms with Crippen LogP contribution in [0.15, 0.2) is 78.2 Å². The number of nitrogens with one attached hydrogen (secondary N) is 1. The summed E-state index contributed by atoms with van der Waals surface area (Å²) < 4.78 is 6.68. The van der Waals surface area contributed by atoms with Crippen LogP contribution in [0.1, 0.15) is 15.9 Å². The Morgan fingerprint density at radius 3 is 2.55 bits per heavy atom. The third-order valence-corrected chi connectivity index (χ3v) is 5.71. The number of pyridine rings is 1. The molecule has 2 aromatic carbocycles. The van der Waals surface area contributed by atoms with Gasteiger partial charge in [-0.1, -0.05) is 41.6 Å².